The van der Waals surface area contributed by atoms with Crippen LogP contribution in [0, 0.1) is 11.3 Å². The molecule has 1 fully saturated rings. The zero-order chi connectivity index (χ0) is 12.1. The van der Waals surface area contributed by atoms with Gasteiger partial charge in [-0.1, -0.05) is 0 Å². The Morgan fingerprint density at radius 3 is 2.94 bits per heavy atom. The van der Waals surface area contributed by atoms with E-state index >= 15 is 0 Å². The minimum Gasteiger partial charge on any atom is -0.480 e. The Bertz CT molecular complexity index is 329. The van der Waals surface area contributed by atoms with E-state index in [1.165, 1.54) is 28.4 Å². The molecule has 2 unspecified atom stereocenters. The second-order valence-electron chi connectivity index (χ2n) is 3.24. The number of rotatable bonds is 4. The molecule has 1 N–H and O–H groups in total. The highest BCUT2D eigenvalue weighted by atomic mass is 32.2. The van der Waals surface area contributed by atoms with Crippen molar-refractivity contribution in [3.8, 4) is 6.07 Å². The van der Waals surface area contributed by atoms with Gasteiger partial charge in [0.1, 0.15) is 6.04 Å². The molecule has 7 heteroatoms. The maximum absolute atomic E-state index is 11.8. The van der Waals surface area contributed by atoms with Gasteiger partial charge < -0.3 is 10.0 Å². The van der Waals surface area contributed by atoms with E-state index in [4.69, 9.17) is 10.4 Å². The smallest absolute Gasteiger partial charge is 0.327 e. The molecule has 0 aromatic rings. The van der Waals surface area contributed by atoms with E-state index < -0.39 is 12.0 Å². The second-order valence-corrected chi connectivity index (χ2v) is 5.57. The summed E-state index contributed by atoms with van der Waals surface area (Å²) in [6.45, 7) is 1.82. The molecule has 0 saturated carbocycles. The zero-order valence-corrected chi connectivity index (χ0v) is 10.4. The number of carbonyl (C=O) groups is 2. The Kier molecular flexibility index (Phi) is 4.96. The van der Waals surface area contributed by atoms with E-state index in [1.54, 1.807) is 0 Å². The molecule has 0 aromatic carbocycles. The molecule has 2 atom stereocenters. The van der Waals surface area contributed by atoms with Crippen molar-refractivity contribution in [2.24, 2.45) is 0 Å². The summed E-state index contributed by atoms with van der Waals surface area (Å²) in [6, 6.07) is 1.20. The molecule has 1 aliphatic rings. The van der Waals surface area contributed by atoms with E-state index in [0.717, 1.165) is 0 Å². The predicted molar refractivity (Wildman–Crippen MR) is 63.1 cm³/mol. The lowest BCUT2D eigenvalue weighted by atomic mass is 10.3. The standard InChI is InChI=1S/C9H12N2O3S2/c1-6-11(7(4-16-6)9(13)14)8(12)5-15-3-2-10/h6-7H,3-5H2,1H3,(H,13,14). The van der Waals surface area contributed by atoms with Gasteiger partial charge in [0.25, 0.3) is 0 Å². The summed E-state index contributed by atoms with van der Waals surface area (Å²) in [7, 11) is 0. The highest BCUT2D eigenvalue weighted by Crippen LogP contribution is 2.29. The summed E-state index contributed by atoms with van der Waals surface area (Å²) in [5.41, 5.74) is 0. The Labute approximate surface area is 102 Å². The number of hydrogen-bond acceptors (Lipinski definition) is 5. The molecule has 0 bridgehead atoms. The summed E-state index contributed by atoms with van der Waals surface area (Å²) < 4.78 is 0. The van der Waals surface area contributed by atoms with Crippen molar-refractivity contribution in [3.05, 3.63) is 0 Å². The number of thioether (sulfide) groups is 2. The van der Waals surface area contributed by atoms with Crippen LogP contribution in [0.1, 0.15) is 6.92 Å². The number of carboxylic acids is 1. The average molecular weight is 260 g/mol. The molecule has 1 heterocycles. The molecule has 0 radical (unpaired) electrons. The molecule has 0 aliphatic carbocycles. The lowest BCUT2D eigenvalue weighted by Gasteiger charge is -2.24. The number of amides is 1. The van der Waals surface area contributed by atoms with Crippen molar-refractivity contribution in [1.82, 2.24) is 4.90 Å². The lowest BCUT2D eigenvalue weighted by Crippen LogP contribution is -2.45. The topological polar surface area (TPSA) is 81.4 Å². The Balaban J connectivity index is 2.58. The Hall–Kier alpha value is -0.870. The van der Waals surface area contributed by atoms with Crippen LogP contribution in [0.5, 0.6) is 0 Å². The van der Waals surface area contributed by atoms with Gasteiger partial charge in [-0.05, 0) is 6.92 Å². The minimum atomic E-state index is -0.963. The van der Waals surface area contributed by atoms with Gasteiger partial charge in [0.2, 0.25) is 5.91 Å². The largest absolute Gasteiger partial charge is 0.480 e. The van der Waals surface area contributed by atoms with Crippen molar-refractivity contribution in [2.75, 3.05) is 17.3 Å². The third-order valence-corrected chi connectivity index (χ3v) is 4.19. The molecule has 1 rings (SSSR count). The molecule has 1 saturated heterocycles. The first kappa shape index (κ1) is 13.2. The van der Waals surface area contributed by atoms with Gasteiger partial charge >= 0.3 is 5.97 Å². The summed E-state index contributed by atoms with van der Waals surface area (Å²) in [4.78, 5) is 24.1. The molecule has 0 aromatic heterocycles. The molecular weight excluding hydrogens is 248 g/mol. The molecule has 88 valence electrons. The average Bonchev–Trinajstić information content (AvgIpc) is 2.60. The van der Waals surface area contributed by atoms with Crippen LogP contribution >= 0.6 is 23.5 Å². The monoisotopic (exact) mass is 260 g/mol. The van der Waals surface area contributed by atoms with Crippen LogP contribution in [-0.4, -0.2) is 50.6 Å². The normalized spacial score (nSPS) is 24.1. The van der Waals surface area contributed by atoms with Gasteiger partial charge in [0.15, 0.2) is 0 Å². The molecule has 0 spiro atoms. The maximum atomic E-state index is 11.8. The summed E-state index contributed by atoms with van der Waals surface area (Å²) in [6.07, 6.45) is 0. The number of hydrogen-bond donors (Lipinski definition) is 1. The van der Waals surface area contributed by atoms with Gasteiger partial charge in [0.05, 0.1) is 22.9 Å². The first-order valence-electron chi connectivity index (χ1n) is 4.68. The Morgan fingerprint density at radius 2 is 2.38 bits per heavy atom. The highest BCUT2D eigenvalue weighted by molar-refractivity contribution is 8.00. The first-order chi connectivity index (χ1) is 7.57. The number of carboxylic acid groups (broad SMARTS) is 1. The van der Waals surface area contributed by atoms with Crippen molar-refractivity contribution in [1.29, 1.82) is 5.26 Å². The fraction of sp³-hybridized carbons (Fsp3) is 0.667. The van der Waals surface area contributed by atoms with E-state index in [0.29, 0.717) is 5.75 Å². The molecule has 5 nitrogen and oxygen atoms in total. The van der Waals surface area contributed by atoms with Crippen molar-refractivity contribution in [2.45, 2.75) is 18.3 Å². The minimum absolute atomic E-state index is 0.101. The van der Waals surface area contributed by atoms with Crippen LogP contribution < -0.4 is 0 Å². The number of nitrogens with zero attached hydrogens (tertiary/aromatic N) is 2. The predicted octanol–water partition coefficient (Wildman–Crippen LogP) is 0.618. The van der Waals surface area contributed by atoms with Gasteiger partial charge in [0, 0.05) is 5.75 Å². The van der Waals surface area contributed by atoms with Crippen LogP contribution in [0.4, 0.5) is 0 Å². The van der Waals surface area contributed by atoms with E-state index in [9.17, 15) is 9.59 Å². The molecular formula is C9H12N2O3S2. The van der Waals surface area contributed by atoms with Gasteiger partial charge in [-0.25, -0.2) is 4.79 Å². The molecule has 1 amide bonds. The van der Waals surface area contributed by atoms with E-state index in [1.807, 2.05) is 13.0 Å². The summed E-state index contributed by atoms with van der Waals surface area (Å²) in [5.74, 6) is -0.313. The van der Waals surface area contributed by atoms with Crippen LogP contribution in [0.2, 0.25) is 0 Å². The fourth-order valence-corrected chi connectivity index (χ4v) is 3.18. The fourth-order valence-electron chi connectivity index (χ4n) is 1.47. The second kappa shape index (κ2) is 6.01. The SMILES string of the molecule is CC1SCC(C(=O)O)N1C(=O)CSCC#N. The van der Waals surface area contributed by atoms with E-state index in [2.05, 4.69) is 0 Å². The molecule has 1 aliphatic heterocycles. The first-order valence-corrected chi connectivity index (χ1v) is 6.88. The molecule has 16 heavy (non-hydrogen) atoms. The van der Waals surface area contributed by atoms with E-state index in [-0.39, 0.29) is 22.8 Å². The van der Waals surface area contributed by atoms with Crippen LogP contribution in [0.15, 0.2) is 0 Å². The van der Waals surface area contributed by atoms with Crippen LogP contribution in [0.25, 0.3) is 0 Å². The summed E-state index contributed by atoms with van der Waals surface area (Å²) in [5, 5.41) is 17.2. The third kappa shape index (κ3) is 3.06. The van der Waals surface area contributed by atoms with Crippen LogP contribution in [0.3, 0.4) is 0 Å². The third-order valence-electron chi connectivity index (χ3n) is 2.19. The van der Waals surface area contributed by atoms with Gasteiger partial charge in [-0.15, -0.1) is 23.5 Å². The van der Waals surface area contributed by atoms with Crippen LogP contribution in [-0.2, 0) is 9.59 Å². The van der Waals surface area contributed by atoms with Gasteiger partial charge in [-0.3, -0.25) is 4.79 Å². The Morgan fingerprint density at radius 1 is 1.69 bits per heavy atom. The maximum Gasteiger partial charge on any atom is 0.327 e. The number of carbonyl (C=O) groups excluding carboxylic acids is 1. The van der Waals surface area contributed by atoms with Crippen molar-refractivity contribution < 1.29 is 14.7 Å². The summed E-state index contributed by atoms with van der Waals surface area (Å²) >= 11 is 2.67. The van der Waals surface area contributed by atoms with Crippen molar-refractivity contribution >= 4 is 35.4 Å². The van der Waals surface area contributed by atoms with Crippen molar-refractivity contribution in [3.63, 3.8) is 0 Å². The number of nitriles is 1. The number of aliphatic carboxylic acids is 1. The quantitative estimate of drug-likeness (QED) is 0.746. The zero-order valence-electron chi connectivity index (χ0n) is 8.75. The van der Waals surface area contributed by atoms with Gasteiger partial charge in [-0.2, -0.15) is 5.26 Å². The lowest BCUT2D eigenvalue weighted by molar-refractivity contribution is -0.147. The highest BCUT2D eigenvalue weighted by Gasteiger charge is 2.38.